The monoisotopic (exact) mass is 447 g/mol. The second-order valence-electron chi connectivity index (χ2n) is 5.34. The van der Waals surface area contributed by atoms with Crippen LogP contribution in [0.5, 0.6) is 5.75 Å². The van der Waals surface area contributed by atoms with Crippen molar-refractivity contribution in [3.63, 3.8) is 0 Å². The number of fused-ring (bicyclic) bond motifs is 1. The molecule has 25 heavy (non-hydrogen) atoms. The number of halogens is 3. The maximum atomic E-state index is 12.9. The van der Waals surface area contributed by atoms with Gasteiger partial charge in [0.25, 0.3) is 0 Å². The van der Waals surface area contributed by atoms with Crippen molar-refractivity contribution in [3.05, 3.63) is 37.8 Å². The van der Waals surface area contributed by atoms with Gasteiger partial charge in [0.2, 0.25) is 5.28 Å². The second-order valence-corrected chi connectivity index (χ2v) is 7.47. The summed E-state index contributed by atoms with van der Waals surface area (Å²) < 4.78 is 20.6. The number of methoxy groups -OCH3 is 1. The molecule has 0 unspecified atom stereocenters. The molecule has 0 aliphatic carbocycles. The molecule has 0 aliphatic heterocycles. The van der Waals surface area contributed by atoms with Crippen molar-refractivity contribution in [2.45, 2.75) is 19.0 Å². The van der Waals surface area contributed by atoms with Crippen molar-refractivity contribution < 1.29 is 9.13 Å². The zero-order chi connectivity index (χ0) is 18.0. The van der Waals surface area contributed by atoms with Gasteiger partial charge in [-0.2, -0.15) is 4.98 Å². The van der Waals surface area contributed by atoms with E-state index in [0.29, 0.717) is 34.7 Å². The molecule has 3 N–H and O–H groups in total. The van der Waals surface area contributed by atoms with Crippen LogP contribution >= 0.6 is 38.9 Å². The van der Waals surface area contributed by atoms with E-state index < -0.39 is 12.7 Å². The number of hydrogen-bond acceptors (Lipinski definition) is 6. The molecule has 1 atom stereocenters. The SMILES string of the molecule is COc1c(C[C@@H](N)CF)c(Br)n2nc(Cl)nc(NCc3cccs3)c12. The van der Waals surface area contributed by atoms with Crippen LogP contribution in [0.25, 0.3) is 5.52 Å². The highest BCUT2D eigenvalue weighted by atomic mass is 79.9. The molecular formula is C15H16BrClFN5OS. The van der Waals surface area contributed by atoms with Crippen LogP contribution in [0.15, 0.2) is 22.1 Å². The molecule has 6 nitrogen and oxygen atoms in total. The van der Waals surface area contributed by atoms with Crippen LogP contribution in [0.1, 0.15) is 10.4 Å². The predicted molar refractivity (Wildman–Crippen MR) is 102 cm³/mol. The normalized spacial score (nSPS) is 12.5. The third kappa shape index (κ3) is 3.74. The van der Waals surface area contributed by atoms with Crippen LogP contribution in [-0.4, -0.2) is 34.4 Å². The molecule has 0 aliphatic rings. The number of hydrogen-bond donors (Lipinski definition) is 2. The van der Waals surface area contributed by atoms with E-state index in [-0.39, 0.29) is 5.28 Å². The zero-order valence-corrected chi connectivity index (χ0v) is 16.5. The van der Waals surface area contributed by atoms with Crippen LogP contribution in [0.2, 0.25) is 5.28 Å². The number of nitrogens with two attached hydrogens (primary N) is 1. The Kier molecular flexibility index (Phi) is 5.78. The fourth-order valence-corrected chi connectivity index (χ4v) is 3.93. The minimum absolute atomic E-state index is 0.0841. The van der Waals surface area contributed by atoms with E-state index in [0.717, 1.165) is 10.4 Å². The number of rotatable bonds is 7. The number of aromatic nitrogens is 3. The molecule has 3 aromatic rings. The van der Waals surface area contributed by atoms with Crippen molar-refractivity contribution in [2.24, 2.45) is 5.73 Å². The Morgan fingerprint density at radius 2 is 2.36 bits per heavy atom. The Morgan fingerprint density at radius 3 is 3.00 bits per heavy atom. The third-order valence-corrected chi connectivity index (χ3v) is 5.48. The quantitative estimate of drug-likeness (QED) is 0.577. The molecule has 0 fully saturated rings. The van der Waals surface area contributed by atoms with Gasteiger partial charge < -0.3 is 15.8 Å². The lowest BCUT2D eigenvalue weighted by atomic mass is 10.1. The molecule has 0 aromatic carbocycles. The topological polar surface area (TPSA) is 77.5 Å². The maximum absolute atomic E-state index is 12.9. The lowest BCUT2D eigenvalue weighted by Gasteiger charge is -2.09. The zero-order valence-electron chi connectivity index (χ0n) is 13.3. The van der Waals surface area contributed by atoms with Gasteiger partial charge in [0.15, 0.2) is 17.1 Å². The molecule has 10 heteroatoms. The predicted octanol–water partition coefficient (Wildman–Crippen LogP) is 3.67. The molecule has 0 amide bonds. The lowest BCUT2D eigenvalue weighted by molar-refractivity contribution is 0.402. The van der Waals surface area contributed by atoms with E-state index >= 15 is 0 Å². The number of ether oxygens (including phenoxy) is 1. The highest BCUT2D eigenvalue weighted by molar-refractivity contribution is 9.10. The molecular weight excluding hydrogens is 433 g/mol. The summed E-state index contributed by atoms with van der Waals surface area (Å²) in [5.74, 6) is 1.08. The highest BCUT2D eigenvalue weighted by Crippen LogP contribution is 2.38. The first kappa shape index (κ1) is 18.4. The van der Waals surface area contributed by atoms with Gasteiger partial charge >= 0.3 is 0 Å². The van der Waals surface area contributed by atoms with Crippen LogP contribution in [0, 0.1) is 0 Å². The summed E-state index contributed by atoms with van der Waals surface area (Å²) in [7, 11) is 1.55. The molecule has 0 saturated heterocycles. The van der Waals surface area contributed by atoms with E-state index in [1.54, 1.807) is 23.0 Å². The first-order valence-corrected chi connectivity index (χ1v) is 9.48. The first-order chi connectivity index (χ1) is 12.0. The van der Waals surface area contributed by atoms with Gasteiger partial charge in [-0.15, -0.1) is 16.4 Å². The fraction of sp³-hybridized carbons (Fsp3) is 0.333. The molecule has 0 saturated carbocycles. The van der Waals surface area contributed by atoms with Crippen molar-refractivity contribution in [2.75, 3.05) is 19.1 Å². The molecule has 0 bridgehead atoms. The van der Waals surface area contributed by atoms with E-state index in [9.17, 15) is 4.39 Å². The summed E-state index contributed by atoms with van der Waals surface area (Å²) in [4.78, 5) is 5.43. The van der Waals surface area contributed by atoms with Gasteiger partial charge in [-0.05, 0) is 45.4 Å². The Bertz CT molecular complexity index is 873. The minimum Gasteiger partial charge on any atom is -0.494 e. The van der Waals surface area contributed by atoms with E-state index in [4.69, 9.17) is 22.1 Å². The summed E-state index contributed by atoms with van der Waals surface area (Å²) in [5.41, 5.74) is 7.12. The van der Waals surface area contributed by atoms with Crippen LogP contribution in [-0.2, 0) is 13.0 Å². The standard InChI is InChI=1S/C15H16BrClFN5OS/c1-24-12-10(5-8(19)6-18)13(16)23-11(12)14(21-15(17)22-23)20-7-9-3-2-4-25-9/h2-4,8H,5-7,19H2,1H3,(H,20,21,22)/t8-/m1/s1. The first-order valence-electron chi connectivity index (χ1n) is 7.43. The molecule has 134 valence electrons. The Morgan fingerprint density at radius 1 is 1.56 bits per heavy atom. The van der Waals surface area contributed by atoms with Crippen molar-refractivity contribution in [1.29, 1.82) is 0 Å². The van der Waals surface area contributed by atoms with Gasteiger partial charge in [-0.3, -0.25) is 0 Å². The summed E-state index contributed by atoms with van der Waals surface area (Å²) >= 11 is 11.2. The summed E-state index contributed by atoms with van der Waals surface area (Å²) in [5, 5.41) is 9.57. The Balaban J connectivity index is 2.08. The molecule has 3 aromatic heterocycles. The van der Waals surface area contributed by atoms with Gasteiger partial charge in [-0.1, -0.05) is 6.07 Å². The number of thiophene rings is 1. The Labute approximate surface area is 161 Å². The van der Waals surface area contributed by atoms with Gasteiger partial charge in [0.05, 0.1) is 13.7 Å². The van der Waals surface area contributed by atoms with Crippen LogP contribution in [0.4, 0.5) is 10.2 Å². The van der Waals surface area contributed by atoms with Crippen LogP contribution < -0.4 is 15.8 Å². The number of nitrogens with zero attached hydrogens (tertiary/aromatic N) is 3. The highest BCUT2D eigenvalue weighted by Gasteiger charge is 2.24. The molecule has 3 heterocycles. The van der Waals surface area contributed by atoms with Gasteiger partial charge in [0.1, 0.15) is 11.3 Å². The van der Waals surface area contributed by atoms with Crippen molar-refractivity contribution in [3.8, 4) is 5.75 Å². The molecule has 3 rings (SSSR count). The lowest BCUT2D eigenvalue weighted by Crippen LogP contribution is -2.25. The van der Waals surface area contributed by atoms with E-state index in [1.165, 1.54) is 0 Å². The minimum atomic E-state index is -0.631. The van der Waals surface area contributed by atoms with Crippen LogP contribution in [0.3, 0.4) is 0 Å². The molecule has 0 radical (unpaired) electrons. The van der Waals surface area contributed by atoms with Gasteiger partial charge in [-0.25, -0.2) is 8.91 Å². The Hall–Kier alpha value is -1.42. The average molecular weight is 449 g/mol. The molecule has 0 spiro atoms. The average Bonchev–Trinajstić information content (AvgIpc) is 3.20. The second kappa shape index (κ2) is 7.86. The number of anilines is 1. The number of alkyl halides is 1. The number of nitrogens with one attached hydrogen (secondary N) is 1. The maximum Gasteiger partial charge on any atom is 0.243 e. The summed E-state index contributed by atoms with van der Waals surface area (Å²) in [6.45, 7) is -0.0380. The van der Waals surface area contributed by atoms with E-state index in [2.05, 4.69) is 31.3 Å². The third-order valence-electron chi connectivity index (χ3n) is 3.63. The van der Waals surface area contributed by atoms with E-state index in [1.807, 2.05) is 17.5 Å². The summed E-state index contributed by atoms with van der Waals surface area (Å²) in [6.07, 6.45) is 0.297. The van der Waals surface area contributed by atoms with Gasteiger partial charge in [0, 0.05) is 16.5 Å². The summed E-state index contributed by atoms with van der Waals surface area (Å²) in [6, 6.07) is 3.37. The fourth-order valence-electron chi connectivity index (χ4n) is 2.53. The smallest absolute Gasteiger partial charge is 0.243 e. The largest absolute Gasteiger partial charge is 0.494 e. The van der Waals surface area contributed by atoms with Crippen molar-refractivity contribution in [1.82, 2.24) is 14.6 Å². The van der Waals surface area contributed by atoms with Crippen molar-refractivity contribution >= 4 is 50.2 Å².